The number of fused-ring (bicyclic) bond motifs is 1. The van der Waals surface area contributed by atoms with Gasteiger partial charge in [0.1, 0.15) is 11.9 Å². The molecule has 0 bridgehead atoms. The number of carbonyl (C=O) groups is 1. The zero-order valence-corrected chi connectivity index (χ0v) is 15.0. The fourth-order valence-corrected chi connectivity index (χ4v) is 3.52. The van der Waals surface area contributed by atoms with Crippen molar-refractivity contribution in [3.8, 4) is 5.75 Å². The van der Waals surface area contributed by atoms with E-state index in [0.29, 0.717) is 31.1 Å². The molecule has 7 nitrogen and oxygen atoms in total. The first kappa shape index (κ1) is 16.7. The molecule has 3 aromatic rings. The van der Waals surface area contributed by atoms with Gasteiger partial charge in [-0.1, -0.05) is 23.4 Å². The van der Waals surface area contributed by atoms with Gasteiger partial charge in [-0.2, -0.15) is 0 Å². The quantitative estimate of drug-likeness (QED) is 0.747. The number of thiophene rings is 1. The summed E-state index contributed by atoms with van der Waals surface area (Å²) in [6, 6.07) is 11.7. The van der Waals surface area contributed by atoms with Crippen LogP contribution in [0.15, 0.2) is 41.8 Å². The van der Waals surface area contributed by atoms with Crippen molar-refractivity contribution in [2.75, 3.05) is 7.11 Å². The molecule has 1 N–H and O–H groups in total. The molecule has 1 aromatic carbocycles. The van der Waals surface area contributed by atoms with E-state index in [0.717, 1.165) is 16.2 Å². The topological polar surface area (TPSA) is 78.3 Å². The Hall–Kier alpha value is -2.71. The van der Waals surface area contributed by atoms with Crippen LogP contribution in [-0.2, 0) is 24.4 Å². The van der Waals surface area contributed by atoms with Crippen molar-refractivity contribution in [3.05, 3.63) is 63.6 Å². The van der Waals surface area contributed by atoms with Gasteiger partial charge >= 0.3 is 0 Å². The lowest BCUT2D eigenvalue weighted by Crippen LogP contribution is -2.27. The van der Waals surface area contributed by atoms with E-state index in [9.17, 15) is 4.79 Å². The first-order chi connectivity index (χ1) is 12.7. The van der Waals surface area contributed by atoms with Crippen molar-refractivity contribution in [2.24, 2.45) is 0 Å². The molecule has 134 valence electrons. The number of methoxy groups -OCH3 is 1. The van der Waals surface area contributed by atoms with Gasteiger partial charge in [0, 0.05) is 4.88 Å². The second-order valence-electron chi connectivity index (χ2n) is 5.90. The van der Waals surface area contributed by atoms with Crippen LogP contribution in [0.1, 0.15) is 32.7 Å². The maximum absolute atomic E-state index is 12.4. The summed E-state index contributed by atoms with van der Waals surface area (Å²) in [5.41, 5.74) is 2.07. The molecule has 2 aromatic heterocycles. The molecule has 1 amide bonds. The van der Waals surface area contributed by atoms with Crippen molar-refractivity contribution in [2.45, 2.75) is 25.8 Å². The predicted molar refractivity (Wildman–Crippen MR) is 96.0 cm³/mol. The molecule has 0 spiro atoms. The van der Waals surface area contributed by atoms with Crippen molar-refractivity contribution in [1.29, 1.82) is 0 Å². The van der Waals surface area contributed by atoms with Gasteiger partial charge in [-0.3, -0.25) is 4.79 Å². The third-order valence-electron chi connectivity index (χ3n) is 4.30. The molecule has 0 unspecified atom stereocenters. The minimum Gasteiger partial charge on any atom is -0.497 e. The van der Waals surface area contributed by atoms with Crippen LogP contribution in [0, 0.1) is 0 Å². The number of hydrogen-bond acceptors (Lipinski definition) is 6. The lowest BCUT2D eigenvalue weighted by atomic mass is 10.1. The van der Waals surface area contributed by atoms with Crippen molar-refractivity contribution in [3.63, 3.8) is 0 Å². The van der Waals surface area contributed by atoms with Crippen LogP contribution >= 0.6 is 11.3 Å². The highest BCUT2D eigenvalue weighted by molar-refractivity contribution is 7.09. The van der Waals surface area contributed by atoms with Gasteiger partial charge in [0.2, 0.25) is 0 Å². The maximum Gasteiger partial charge on any atom is 0.274 e. The van der Waals surface area contributed by atoms with Crippen LogP contribution < -0.4 is 10.1 Å². The number of rotatable bonds is 5. The summed E-state index contributed by atoms with van der Waals surface area (Å²) in [7, 11) is 1.64. The minimum absolute atomic E-state index is 0.128. The average molecular weight is 370 g/mol. The third kappa shape index (κ3) is 3.33. The molecule has 0 fully saturated rings. The average Bonchev–Trinajstić information content (AvgIpc) is 3.35. The normalized spacial score (nSPS) is 16.1. The van der Waals surface area contributed by atoms with Gasteiger partial charge in [0.25, 0.3) is 5.91 Å². The van der Waals surface area contributed by atoms with E-state index in [1.807, 2.05) is 41.8 Å². The van der Waals surface area contributed by atoms with E-state index in [1.54, 1.807) is 23.1 Å². The van der Waals surface area contributed by atoms with E-state index < -0.39 is 0 Å². The number of benzene rings is 1. The highest BCUT2D eigenvalue weighted by Crippen LogP contribution is 2.28. The van der Waals surface area contributed by atoms with Crippen LogP contribution in [0.5, 0.6) is 5.75 Å². The summed E-state index contributed by atoms with van der Waals surface area (Å²) >= 11 is 1.60. The van der Waals surface area contributed by atoms with Gasteiger partial charge in [-0.05, 0) is 29.1 Å². The van der Waals surface area contributed by atoms with E-state index in [2.05, 4.69) is 15.6 Å². The van der Waals surface area contributed by atoms with E-state index in [4.69, 9.17) is 9.47 Å². The fourth-order valence-electron chi connectivity index (χ4n) is 2.87. The van der Waals surface area contributed by atoms with Gasteiger partial charge in [-0.15, -0.1) is 16.4 Å². The third-order valence-corrected chi connectivity index (χ3v) is 5.18. The van der Waals surface area contributed by atoms with Crippen LogP contribution in [0.25, 0.3) is 0 Å². The molecule has 3 heterocycles. The predicted octanol–water partition coefficient (Wildman–Crippen LogP) is 2.55. The van der Waals surface area contributed by atoms with E-state index in [-0.39, 0.29) is 12.0 Å². The lowest BCUT2D eigenvalue weighted by molar-refractivity contribution is -0.00179. The van der Waals surface area contributed by atoms with E-state index >= 15 is 0 Å². The Morgan fingerprint density at radius 2 is 2.23 bits per heavy atom. The number of carbonyl (C=O) groups excluding carboxylic acids is 1. The first-order valence-electron chi connectivity index (χ1n) is 8.23. The Labute approximate surface area is 154 Å². The van der Waals surface area contributed by atoms with Gasteiger partial charge < -0.3 is 14.8 Å². The summed E-state index contributed by atoms with van der Waals surface area (Å²) in [6.07, 6.45) is -0.128. The molecule has 0 aliphatic carbocycles. The van der Waals surface area contributed by atoms with Crippen LogP contribution in [-0.4, -0.2) is 28.0 Å². The highest BCUT2D eigenvalue weighted by Gasteiger charge is 2.27. The molecular formula is C18H18N4O3S. The molecule has 1 aliphatic heterocycles. The zero-order chi connectivity index (χ0) is 17.9. The van der Waals surface area contributed by atoms with Gasteiger partial charge in [0.15, 0.2) is 5.69 Å². The molecule has 8 heteroatoms. The molecule has 4 rings (SSSR count). The maximum atomic E-state index is 12.4. The smallest absolute Gasteiger partial charge is 0.274 e. The summed E-state index contributed by atoms with van der Waals surface area (Å²) in [5, 5.41) is 13.1. The number of aromatic nitrogens is 3. The van der Waals surface area contributed by atoms with Gasteiger partial charge in [-0.25, -0.2) is 4.68 Å². The summed E-state index contributed by atoms with van der Waals surface area (Å²) < 4.78 is 12.9. The number of amides is 1. The van der Waals surface area contributed by atoms with Crippen LogP contribution in [0.4, 0.5) is 0 Å². The summed E-state index contributed by atoms with van der Waals surface area (Å²) in [4.78, 5) is 13.5. The Bertz CT molecular complexity index is 890. The number of nitrogens with one attached hydrogen (secondary N) is 1. The SMILES string of the molecule is COc1ccc([C@@H]2Cn3nnc(C(=O)NCc4cccs4)c3CO2)cc1. The second kappa shape index (κ2) is 7.27. The first-order valence-corrected chi connectivity index (χ1v) is 9.11. The molecule has 0 radical (unpaired) electrons. The van der Waals surface area contributed by atoms with Crippen molar-refractivity contribution < 1.29 is 14.3 Å². The van der Waals surface area contributed by atoms with Crippen LogP contribution in [0.2, 0.25) is 0 Å². The zero-order valence-electron chi connectivity index (χ0n) is 14.2. The molecule has 1 aliphatic rings. The number of hydrogen-bond donors (Lipinski definition) is 1. The second-order valence-corrected chi connectivity index (χ2v) is 6.93. The lowest BCUT2D eigenvalue weighted by Gasteiger charge is -2.24. The Morgan fingerprint density at radius 1 is 1.38 bits per heavy atom. The standard InChI is InChI=1S/C18H18N4O3S/c1-24-13-6-4-12(5-7-13)16-10-22-15(11-25-16)17(20-21-22)18(23)19-9-14-3-2-8-26-14/h2-8,16H,9-11H2,1H3,(H,19,23)/t16-/m0/s1. The largest absolute Gasteiger partial charge is 0.497 e. The monoisotopic (exact) mass is 370 g/mol. The number of ether oxygens (including phenoxy) is 2. The minimum atomic E-state index is -0.230. The highest BCUT2D eigenvalue weighted by atomic mass is 32.1. The molecule has 0 saturated heterocycles. The molecule has 26 heavy (non-hydrogen) atoms. The van der Waals surface area contributed by atoms with E-state index in [1.165, 1.54) is 0 Å². The molecule has 0 saturated carbocycles. The van der Waals surface area contributed by atoms with Crippen LogP contribution in [0.3, 0.4) is 0 Å². The molecule has 1 atom stereocenters. The summed E-state index contributed by atoms with van der Waals surface area (Å²) in [6.45, 7) is 1.30. The van der Waals surface area contributed by atoms with Gasteiger partial charge in [0.05, 0.1) is 32.5 Å². The number of nitrogens with zero attached hydrogens (tertiary/aromatic N) is 3. The van der Waals surface area contributed by atoms with Crippen molar-refractivity contribution in [1.82, 2.24) is 20.3 Å². The summed E-state index contributed by atoms with van der Waals surface area (Å²) in [5.74, 6) is 0.571. The Morgan fingerprint density at radius 3 is 2.96 bits per heavy atom. The van der Waals surface area contributed by atoms with Crippen molar-refractivity contribution >= 4 is 17.2 Å². The molecular weight excluding hydrogens is 352 g/mol. The Kier molecular flexibility index (Phi) is 4.68. The Balaban J connectivity index is 1.45. The fraction of sp³-hybridized carbons (Fsp3) is 0.278.